The van der Waals surface area contributed by atoms with Crippen LogP contribution in [0.4, 0.5) is 5.69 Å². The van der Waals surface area contributed by atoms with Crippen molar-refractivity contribution >= 4 is 23.5 Å². The highest BCUT2D eigenvalue weighted by atomic mass is 16.5. The van der Waals surface area contributed by atoms with Gasteiger partial charge in [-0.3, -0.25) is 9.59 Å². The minimum absolute atomic E-state index is 0.0327. The molecule has 24 heavy (non-hydrogen) atoms. The monoisotopic (exact) mass is 334 g/mol. The maximum Gasteiger partial charge on any atom is 0.338 e. The van der Waals surface area contributed by atoms with Crippen molar-refractivity contribution in [3.05, 3.63) is 29.8 Å². The molecule has 2 atom stereocenters. The Morgan fingerprint density at radius 2 is 1.75 bits per heavy atom. The van der Waals surface area contributed by atoms with Crippen LogP contribution in [0.1, 0.15) is 31.1 Å². The molecule has 1 heterocycles. The molecule has 1 aromatic carbocycles. The largest absolute Gasteiger partial charge is 0.452 e. The number of carbonyl (C=O) groups excluding carboxylic acids is 3. The third kappa shape index (κ3) is 5.06. The molecular formula is C17H22N2O5. The minimum atomic E-state index is -0.577. The maximum absolute atomic E-state index is 12.1. The van der Waals surface area contributed by atoms with Crippen LogP contribution in [0.2, 0.25) is 0 Å². The van der Waals surface area contributed by atoms with E-state index >= 15 is 0 Å². The SMILES string of the molecule is CC(=O)Nc1ccc(C(=O)OCC(=O)N2C[C@@H](C)O[C@H](C)C2)cc1. The normalized spacial score (nSPS) is 20.4. The molecule has 2 amide bonds. The Morgan fingerprint density at radius 1 is 1.17 bits per heavy atom. The van der Waals surface area contributed by atoms with E-state index in [0.29, 0.717) is 24.3 Å². The van der Waals surface area contributed by atoms with E-state index in [0.717, 1.165) is 0 Å². The van der Waals surface area contributed by atoms with Crippen molar-refractivity contribution in [2.45, 2.75) is 33.0 Å². The Balaban J connectivity index is 1.86. The van der Waals surface area contributed by atoms with E-state index in [-0.39, 0.29) is 30.6 Å². The third-order valence-corrected chi connectivity index (χ3v) is 3.54. The molecule has 0 unspecified atom stereocenters. The van der Waals surface area contributed by atoms with Crippen LogP contribution >= 0.6 is 0 Å². The number of morpholine rings is 1. The lowest BCUT2D eigenvalue weighted by Crippen LogP contribution is -2.49. The van der Waals surface area contributed by atoms with Gasteiger partial charge in [-0.2, -0.15) is 0 Å². The number of anilines is 1. The molecule has 0 saturated carbocycles. The number of rotatable bonds is 4. The van der Waals surface area contributed by atoms with Crippen molar-refractivity contribution in [3.63, 3.8) is 0 Å². The first-order valence-corrected chi connectivity index (χ1v) is 7.83. The first kappa shape index (κ1) is 17.9. The molecule has 0 spiro atoms. The van der Waals surface area contributed by atoms with Gasteiger partial charge in [-0.1, -0.05) is 0 Å². The molecule has 1 aromatic rings. The standard InChI is InChI=1S/C17H22N2O5/c1-11-8-19(9-12(2)24-11)16(21)10-23-17(22)14-4-6-15(7-5-14)18-13(3)20/h4-7,11-12H,8-10H2,1-3H3,(H,18,20)/t11-,12-/m1/s1. The van der Waals surface area contributed by atoms with Crippen LogP contribution in [-0.2, 0) is 19.1 Å². The summed E-state index contributed by atoms with van der Waals surface area (Å²) in [6, 6.07) is 6.28. The molecule has 0 aliphatic carbocycles. The number of carbonyl (C=O) groups is 3. The minimum Gasteiger partial charge on any atom is -0.452 e. The molecule has 1 aliphatic heterocycles. The zero-order valence-corrected chi connectivity index (χ0v) is 14.1. The number of esters is 1. The van der Waals surface area contributed by atoms with Crippen molar-refractivity contribution in [2.24, 2.45) is 0 Å². The van der Waals surface area contributed by atoms with Gasteiger partial charge in [0.2, 0.25) is 5.91 Å². The van der Waals surface area contributed by atoms with E-state index in [1.165, 1.54) is 19.1 Å². The summed E-state index contributed by atoms with van der Waals surface area (Å²) < 4.78 is 10.6. The number of nitrogens with zero attached hydrogens (tertiary/aromatic N) is 1. The Labute approximate surface area is 140 Å². The molecule has 1 N–H and O–H groups in total. The van der Waals surface area contributed by atoms with Crippen LogP contribution in [0.3, 0.4) is 0 Å². The molecule has 2 rings (SSSR count). The van der Waals surface area contributed by atoms with E-state index in [1.807, 2.05) is 13.8 Å². The highest BCUT2D eigenvalue weighted by Gasteiger charge is 2.26. The van der Waals surface area contributed by atoms with Gasteiger partial charge in [0.05, 0.1) is 17.8 Å². The highest BCUT2D eigenvalue weighted by Crippen LogP contribution is 2.12. The van der Waals surface area contributed by atoms with Crippen LogP contribution in [0.25, 0.3) is 0 Å². The van der Waals surface area contributed by atoms with Gasteiger partial charge >= 0.3 is 5.97 Å². The Morgan fingerprint density at radius 3 is 2.29 bits per heavy atom. The maximum atomic E-state index is 12.1. The van der Waals surface area contributed by atoms with Gasteiger partial charge in [0, 0.05) is 25.7 Å². The highest BCUT2D eigenvalue weighted by molar-refractivity contribution is 5.93. The molecule has 7 heteroatoms. The zero-order valence-electron chi connectivity index (χ0n) is 14.1. The first-order chi connectivity index (χ1) is 11.3. The molecule has 1 fully saturated rings. The van der Waals surface area contributed by atoms with Gasteiger partial charge in [-0.15, -0.1) is 0 Å². The fraction of sp³-hybridized carbons (Fsp3) is 0.471. The van der Waals surface area contributed by atoms with Gasteiger partial charge in [0.15, 0.2) is 6.61 Å². The molecule has 1 saturated heterocycles. The van der Waals surface area contributed by atoms with E-state index < -0.39 is 5.97 Å². The molecule has 1 aliphatic rings. The van der Waals surface area contributed by atoms with Crippen LogP contribution in [0.15, 0.2) is 24.3 Å². The summed E-state index contributed by atoms with van der Waals surface area (Å²) in [6.07, 6.45) is -0.0653. The van der Waals surface area contributed by atoms with Crippen molar-refractivity contribution in [1.29, 1.82) is 0 Å². The number of hydrogen-bond acceptors (Lipinski definition) is 5. The Kier molecular flexibility index (Phi) is 5.92. The second kappa shape index (κ2) is 7.92. The average Bonchev–Trinajstić information content (AvgIpc) is 2.51. The van der Waals surface area contributed by atoms with Gasteiger partial charge in [0.1, 0.15) is 0 Å². The van der Waals surface area contributed by atoms with Gasteiger partial charge in [-0.25, -0.2) is 4.79 Å². The summed E-state index contributed by atoms with van der Waals surface area (Å²) in [5.41, 5.74) is 0.909. The lowest BCUT2D eigenvalue weighted by molar-refractivity contribution is -0.146. The first-order valence-electron chi connectivity index (χ1n) is 7.83. The summed E-state index contributed by atoms with van der Waals surface area (Å²) in [5.74, 6) is -1.00. The molecule has 7 nitrogen and oxygen atoms in total. The number of hydrogen-bond donors (Lipinski definition) is 1. The van der Waals surface area contributed by atoms with Crippen LogP contribution < -0.4 is 5.32 Å². The summed E-state index contributed by atoms with van der Waals surface area (Å²) in [5, 5.41) is 2.61. The molecule has 130 valence electrons. The molecule has 0 radical (unpaired) electrons. The molecular weight excluding hydrogens is 312 g/mol. The van der Waals surface area contributed by atoms with Crippen LogP contribution in [0, 0.1) is 0 Å². The van der Waals surface area contributed by atoms with Gasteiger partial charge < -0.3 is 19.7 Å². The van der Waals surface area contributed by atoms with E-state index in [2.05, 4.69) is 5.32 Å². The van der Waals surface area contributed by atoms with Crippen LogP contribution in [-0.4, -0.2) is 54.6 Å². The second-order valence-corrected chi connectivity index (χ2v) is 5.89. The Bertz CT molecular complexity index is 604. The predicted molar refractivity (Wildman–Crippen MR) is 87.6 cm³/mol. The van der Waals surface area contributed by atoms with Crippen LogP contribution in [0.5, 0.6) is 0 Å². The summed E-state index contributed by atoms with van der Waals surface area (Å²) in [7, 11) is 0. The molecule has 0 aromatic heterocycles. The summed E-state index contributed by atoms with van der Waals surface area (Å²) >= 11 is 0. The zero-order chi connectivity index (χ0) is 17.7. The van der Waals surface area contributed by atoms with Gasteiger partial charge in [-0.05, 0) is 38.1 Å². The fourth-order valence-corrected chi connectivity index (χ4v) is 2.58. The van der Waals surface area contributed by atoms with Crippen molar-refractivity contribution in [1.82, 2.24) is 4.90 Å². The summed E-state index contributed by atoms with van der Waals surface area (Å²) in [6.45, 7) is 5.89. The van der Waals surface area contributed by atoms with Gasteiger partial charge in [0.25, 0.3) is 5.91 Å². The van der Waals surface area contributed by atoms with Crippen molar-refractivity contribution in [3.8, 4) is 0 Å². The quantitative estimate of drug-likeness (QED) is 0.842. The third-order valence-electron chi connectivity index (χ3n) is 3.54. The van der Waals surface area contributed by atoms with E-state index in [1.54, 1.807) is 17.0 Å². The number of ether oxygens (including phenoxy) is 2. The van der Waals surface area contributed by atoms with E-state index in [4.69, 9.17) is 9.47 Å². The predicted octanol–water partition coefficient (Wildman–Crippen LogP) is 1.44. The lowest BCUT2D eigenvalue weighted by Gasteiger charge is -2.35. The Hall–Kier alpha value is -2.41. The average molecular weight is 334 g/mol. The van der Waals surface area contributed by atoms with E-state index in [9.17, 15) is 14.4 Å². The smallest absolute Gasteiger partial charge is 0.338 e. The molecule has 0 bridgehead atoms. The van der Waals surface area contributed by atoms with Crippen molar-refractivity contribution < 1.29 is 23.9 Å². The van der Waals surface area contributed by atoms with Crippen molar-refractivity contribution in [2.75, 3.05) is 25.0 Å². The lowest BCUT2D eigenvalue weighted by atomic mass is 10.2. The fourth-order valence-electron chi connectivity index (χ4n) is 2.58. The second-order valence-electron chi connectivity index (χ2n) is 5.89. The number of benzene rings is 1. The topological polar surface area (TPSA) is 84.9 Å². The number of nitrogens with one attached hydrogen (secondary N) is 1. The summed E-state index contributed by atoms with van der Waals surface area (Å²) in [4.78, 5) is 36.7. The number of amides is 2.